The minimum atomic E-state index is -0.607. The van der Waals surface area contributed by atoms with Crippen LogP contribution in [0, 0.1) is 0 Å². The number of nitrogens with zero attached hydrogens (tertiary/aromatic N) is 1. The maximum atomic E-state index is 12.2. The van der Waals surface area contributed by atoms with Gasteiger partial charge in [-0.1, -0.05) is 30.3 Å². The largest absolute Gasteiger partial charge is 0.508 e. The summed E-state index contributed by atoms with van der Waals surface area (Å²) in [4.78, 5) is 25.3. The Bertz CT molecular complexity index is 925. The average molecular weight is 352 g/mol. The summed E-state index contributed by atoms with van der Waals surface area (Å²) < 4.78 is 0. The number of phenols is 1. The second kappa shape index (κ2) is 7.38. The molecule has 126 valence electrons. The number of amides is 2. The van der Waals surface area contributed by atoms with Gasteiger partial charge in [-0.2, -0.15) is 0 Å². The third-order valence-corrected chi connectivity index (χ3v) is 4.66. The summed E-state index contributed by atoms with van der Waals surface area (Å²) >= 11 is 1.32. The van der Waals surface area contributed by atoms with Crippen LogP contribution < -0.4 is 5.84 Å². The van der Waals surface area contributed by atoms with Crippen molar-refractivity contribution < 1.29 is 14.7 Å². The minimum absolute atomic E-state index is 0.0401. The molecule has 0 fully saturated rings. The van der Waals surface area contributed by atoms with Crippen LogP contribution in [0.1, 0.15) is 10.4 Å². The van der Waals surface area contributed by atoms with Crippen molar-refractivity contribution in [2.75, 3.05) is 5.75 Å². The smallest absolute Gasteiger partial charge is 0.274 e. The van der Waals surface area contributed by atoms with Gasteiger partial charge in [0.15, 0.2) is 0 Å². The van der Waals surface area contributed by atoms with Crippen molar-refractivity contribution in [3.63, 3.8) is 0 Å². The number of phenolic OH excluding ortho intramolecular Hbond substituents is 1. The molecule has 5 nitrogen and oxygen atoms in total. The predicted octanol–water partition coefficient (Wildman–Crippen LogP) is 3.18. The van der Waals surface area contributed by atoms with Crippen molar-refractivity contribution in [1.82, 2.24) is 5.01 Å². The Balaban J connectivity index is 1.64. The normalized spacial score (nSPS) is 10.6. The van der Waals surface area contributed by atoms with Crippen LogP contribution in [0.4, 0.5) is 0 Å². The molecule has 3 N–H and O–H groups in total. The fraction of sp³-hybridized carbons (Fsp3) is 0.0526. The van der Waals surface area contributed by atoms with Crippen LogP contribution in [0.3, 0.4) is 0 Å². The van der Waals surface area contributed by atoms with Crippen molar-refractivity contribution in [2.24, 2.45) is 5.84 Å². The van der Waals surface area contributed by atoms with Crippen LogP contribution >= 0.6 is 11.8 Å². The average Bonchev–Trinajstić information content (AvgIpc) is 2.65. The third-order valence-electron chi connectivity index (χ3n) is 3.68. The number of aromatic hydroxyl groups is 1. The summed E-state index contributed by atoms with van der Waals surface area (Å²) in [6.07, 6.45) is 0. The first-order valence-corrected chi connectivity index (χ1v) is 8.56. The van der Waals surface area contributed by atoms with Gasteiger partial charge in [-0.05, 0) is 47.2 Å². The van der Waals surface area contributed by atoms with Crippen molar-refractivity contribution in [1.29, 1.82) is 0 Å². The molecule has 25 heavy (non-hydrogen) atoms. The summed E-state index contributed by atoms with van der Waals surface area (Å²) in [6, 6.07) is 19.5. The first kappa shape index (κ1) is 17.0. The van der Waals surface area contributed by atoms with Gasteiger partial charge in [0.25, 0.3) is 11.8 Å². The zero-order valence-corrected chi connectivity index (χ0v) is 14.1. The van der Waals surface area contributed by atoms with Gasteiger partial charge in [-0.25, -0.2) is 10.9 Å². The third kappa shape index (κ3) is 3.99. The van der Waals surface area contributed by atoms with Crippen LogP contribution in [-0.2, 0) is 4.79 Å². The van der Waals surface area contributed by atoms with Crippen LogP contribution in [-0.4, -0.2) is 27.7 Å². The topological polar surface area (TPSA) is 83.6 Å². The van der Waals surface area contributed by atoms with E-state index in [4.69, 9.17) is 5.84 Å². The van der Waals surface area contributed by atoms with E-state index in [2.05, 4.69) is 0 Å². The molecule has 0 atom stereocenters. The SMILES string of the molecule is NN(C(=O)CSc1ccc2ccccc2c1)C(=O)c1ccc(O)cc1. The molecule has 0 aromatic heterocycles. The Hall–Kier alpha value is -2.83. The van der Waals surface area contributed by atoms with Gasteiger partial charge in [0.05, 0.1) is 5.75 Å². The first-order valence-electron chi connectivity index (χ1n) is 7.57. The zero-order valence-electron chi connectivity index (χ0n) is 13.3. The maximum Gasteiger partial charge on any atom is 0.274 e. The molecule has 2 amide bonds. The summed E-state index contributed by atoms with van der Waals surface area (Å²) in [5.74, 6) is 4.64. The van der Waals surface area contributed by atoms with Crippen LogP contribution in [0.5, 0.6) is 5.75 Å². The van der Waals surface area contributed by atoms with Crippen molar-refractivity contribution in [2.45, 2.75) is 4.90 Å². The summed E-state index contributed by atoms with van der Waals surface area (Å²) in [6.45, 7) is 0. The van der Waals surface area contributed by atoms with Crippen molar-refractivity contribution in [3.05, 3.63) is 72.3 Å². The van der Waals surface area contributed by atoms with Crippen molar-refractivity contribution in [3.8, 4) is 5.75 Å². The van der Waals surface area contributed by atoms with E-state index < -0.39 is 11.8 Å². The fourth-order valence-electron chi connectivity index (χ4n) is 2.33. The summed E-state index contributed by atoms with van der Waals surface area (Å²) in [5, 5.41) is 12.1. The Morgan fingerprint density at radius 3 is 2.36 bits per heavy atom. The molecular formula is C19H16N2O3S. The van der Waals surface area contributed by atoms with E-state index in [1.165, 1.54) is 36.0 Å². The molecule has 0 bridgehead atoms. The van der Waals surface area contributed by atoms with E-state index in [1.807, 2.05) is 42.5 Å². The molecule has 0 aliphatic carbocycles. The minimum Gasteiger partial charge on any atom is -0.508 e. The number of nitrogens with two attached hydrogens (primary N) is 1. The van der Waals surface area contributed by atoms with Gasteiger partial charge in [-0.15, -0.1) is 11.8 Å². The van der Waals surface area contributed by atoms with Gasteiger partial charge >= 0.3 is 0 Å². The Morgan fingerprint density at radius 2 is 1.64 bits per heavy atom. The monoisotopic (exact) mass is 352 g/mol. The number of carbonyl (C=O) groups is 2. The van der Waals surface area contributed by atoms with Gasteiger partial charge in [0, 0.05) is 10.5 Å². The molecule has 0 radical (unpaired) electrons. The van der Waals surface area contributed by atoms with Gasteiger partial charge in [0.1, 0.15) is 5.75 Å². The number of carbonyl (C=O) groups excluding carboxylic acids is 2. The number of hydrogen-bond donors (Lipinski definition) is 2. The second-order valence-corrected chi connectivity index (χ2v) is 6.46. The standard InChI is InChI=1S/C19H16N2O3S/c20-21(19(24)14-5-8-16(22)9-6-14)18(23)12-25-17-10-7-13-3-1-2-4-15(13)11-17/h1-11,22H,12,20H2. The molecule has 0 spiro atoms. The molecule has 0 saturated carbocycles. The van der Waals surface area contributed by atoms with E-state index in [9.17, 15) is 14.7 Å². The van der Waals surface area contributed by atoms with Gasteiger partial charge in [-0.3, -0.25) is 9.59 Å². The lowest BCUT2D eigenvalue weighted by molar-refractivity contribution is -0.126. The molecule has 3 aromatic rings. The summed E-state index contributed by atoms with van der Waals surface area (Å²) in [5.41, 5.74) is 0.240. The Morgan fingerprint density at radius 1 is 0.960 bits per heavy atom. The molecule has 6 heteroatoms. The van der Waals surface area contributed by atoms with Crippen LogP contribution in [0.15, 0.2) is 71.6 Å². The Kier molecular flexibility index (Phi) is 5.02. The maximum absolute atomic E-state index is 12.2. The number of hydrogen-bond acceptors (Lipinski definition) is 5. The predicted molar refractivity (Wildman–Crippen MR) is 98.1 cm³/mol. The molecule has 0 unspecified atom stereocenters. The van der Waals surface area contributed by atoms with E-state index in [1.54, 1.807) is 0 Å². The Labute approximate surface area is 149 Å². The molecular weight excluding hydrogens is 336 g/mol. The highest BCUT2D eigenvalue weighted by Gasteiger charge is 2.19. The van der Waals surface area contributed by atoms with E-state index >= 15 is 0 Å². The number of fused-ring (bicyclic) bond motifs is 1. The van der Waals surface area contributed by atoms with E-state index in [-0.39, 0.29) is 17.1 Å². The molecule has 0 heterocycles. The number of thioether (sulfide) groups is 1. The molecule has 3 rings (SSSR count). The van der Waals surface area contributed by atoms with Crippen molar-refractivity contribution >= 4 is 34.3 Å². The highest BCUT2D eigenvalue weighted by molar-refractivity contribution is 8.00. The molecule has 0 saturated heterocycles. The lowest BCUT2D eigenvalue weighted by Gasteiger charge is -2.14. The number of imide groups is 1. The van der Waals surface area contributed by atoms with Crippen LogP contribution in [0.25, 0.3) is 10.8 Å². The van der Waals surface area contributed by atoms with E-state index in [0.717, 1.165) is 15.7 Å². The summed E-state index contributed by atoms with van der Waals surface area (Å²) in [7, 11) is 0. The van der Waals surface area contributed by atoms with Crippen LogP contribution in [0.2, 0.25) is 0 Å². The first-order chi connectivity index (χ1) is 12.0. The molecule has 3 aromatic carbocycles. The molecule has 0 aliphatic rings. The highest BCUT2D eigenvalue weighted by atomic mass is 32.2. The second-order valence-electron chi connectivity index (χ2n) is 5.41. The lowest BCUT2D eigenvalue weighted by Crippen LogP contribution is -2.43. The molecule has 0 aliphatic heterocycles. The number of hydrazine groups is 1. The highest BCUT2D eigenvalue weighted by Crippen LogP contribution is 2.24. The lowest BCUT2D eigenvalue weighted by atomic mass is 10.1. The van der Waals surface area contributed by atoms with E-state index in [0.29, 0.717) is 5.01 Å². The number of benzene rings is 3. The zero-order chi connectivity index (χ0) is 17.8. The quantitative estimate of drug-likeness (QED) is 0.326. The number of rotatable bonds is 4. The fourth-order valence-corrected chi connectivity index (χ4v) is 3.13. The van der Waals surface area contributed by atoms with Gasteiger partial charge in [0.2, 0.25) is 0 Å². The van der Waals surface area contributed by atoms with Gasteiger partial charge < -0.3 is 5.11 Å².